The van der Waals surface area contributed by atoms with Crippen molar-refractivity contribution in [3.8, 4) is 0 Å². The number of ether oxygens (including phenoxy) is 1. The van der Waals surface area contributed by atoms with Gasteiger partial charge in [0.1, 0.15) is 0 Å². The number of carboxylic acid groups (broad SMARTS) is 1. The van der Waals surface area contributed by atoms with Crippen LogP contribution in [0.25, 0.3) is 10.9 Å². The minimum atomic E-state index is -0.991. The first-order valence-electron chi connectivity index (χ1n) is 10.8. The van der Waals surface area contributed by atoms with E-state index in [2.05, 4.69) is 10.2 Å². The monoisotopic (exact) mass is 434 g/mol. The quantitative estimate of drug-likeness (QED) is 0.637. The number of morpholine rings is 1. The molecule has 3 heterocycles. The zero-order valence-corrected chi connectivity index (χ0v) is 18.3. The number of para-hydroxylation sites is 1. The van der Waals surface area contributed by atoms with E-state index in [-0.39, 0.29) is 29.3 Å². The van der Waals surface area contributed by atoms with Gasteiger partial charge in [-0.05, 0) is 44.0 Å². The molecule has 5 rings (SSSR count). The summed E-state index contributed by atoms with van der Waals surface area (Å²) in [4.78, 5) is 32.1. The number of carboxylic acids is 1. The Morgan fingerprint density at radius 1 is 1.31 bits per heavy atom. The molecule has 2 saturated heterocycles. The van der Waals surface area contributed by atoms with E-state index in [0.29, 0.717) is 29.1 Å². The Balaban J connectivity index is 1.61. The zero-order valence-electron chi connectivity index (χ0n) is 18.3. The van der Waals surface area contributed by atoms with Crippen LogP contribution >= 0.6 is 0 Å². The van der Waals surface area contributed by atoms with Crippen molar-refractivity contribution in [3.05, 3.63) is 63.4 Å². The van der Waals surface area contributed by atoms with Gasteiger partial charge in [0, 0.05) is 24.8 Å². The summed E-state index contributed by atoms with van der Waals surface area (Å²) in [6, 6.07) is 10.7. The number of hydrogen-bond acceptors (Lipinski definition) is 6. The molecule has 2 fully saturated rings. The third-order valence-electron chi connectivity index (χ3n) is 6.48. The predicted octanol–water partition coefficient (Wildman–Crippen LogP) is 3.09. The second-order valence-electron chi connectivity index (χ2n) is 8.74. The summed E-state index contributed by atoms with van der Waals surface area (Å²) in [7, 11) is 1.77. The normalized spacial score (nSPS) is 20.7. The molecule has 0 radical (unpaired) electrons. The van der Waals surface area contributed by atoms with Crippen LogP contribution in [0, 0.1) is 6.92 Å². The van der Waals surface area contributed by atoms with Crippen LogP contribution in [-0.4, -0.2) is 45.9 Å². The Kier molecular flexibility index (Phi) is 4.89. The van der Waals surface area contributed by atoms with Crippen molar-refractivity contribution < 1.29 is 14.6 Å². The van der Waals surface area contributed by atoms with Crippen LogP contribution in [0.15, 0.2) is 41.2 Å². The topological polar surface area (TPSA) is 96.7 Å². The van der Waals surface area contributed by atoms with Gasteiger partial charge in [-0.15, -0.1) is 0 Å². The van der Waals surface area contributed by atoms with E-state index in [9.17, 15) is 14.7 Å². The molecule has 0 aliphatic carbocycles. The van der Waals surface area contributed by atoms with Gasteiger partial charge in [-0.1, -0.05) is 18.2 Å². The highest BCUT2D eigenvalue weighted by atomic mass is 16.5. The number of hydrogen-bond donors (Lipinski definition) is 2. The van der Waals surface area contributed by atoms with E-state index < -0.39 is 5.97 Å². The Hall–Kier alpha value is -3.39. The zero-order chi connectivity index (χ0) is 22.6. The van der Waals surface area contributed by atoms with Crippen LogP contribution in [0.1, 0.15) is 40.9 Å². The maximum Gasteiger partial charge on any atom is 0.337 e. The van der Waals surface area contributed by atoms with Gasteiger partial charge < -0.3 is 20.1 Å². The highest BCUT2D eigenvalue weighted by Crippen LogP contribution is 2.33. The standard InChI is InChI=1S/C24H26N4O4/c1-13-8-18(14(2)25-20-7-5-4-6-17(20)23(30)31)21-19(9-13)22(29)27(3)24(26-21)28-11-16-10-15(28)12-32-16/h4-9,14-16,25H,10-12H2,1-3H3,(H,30,31)/t14-,15-,16-/m1/s1. The molecule has 2 aromatic carbocycles. The van der Waals surface area contributed by atoms with Crippen molar-refractivity contribution in [1.29, 1.82) is 0 Å². The van der Waals surface area contributed by atoms with Crippen LogP contribution in [0.5, 0.6) is 0 Å². The number of carbonyl (C=O) groups is 1. The number of nitrogens with zero attached hydrogens (tertiary/aromatic N) is 3. The maximum atomic E-state index is 13.3. The molecule has 8 nitrogen and oxygen atoms in total. The van der Waals surface area contributed by atoms with Crippen LogP contribution in [0.2, 0.25) is 0 Å². The van der Waals surface area contributed by atoms with Crippen LogP contribution < -0.4 is 15.8 Å². The smallest absolute Gasteiger partial charge is 0.337 e. The third kappa shape index (κ3) is 3.31. The second-order valence-corrected chi connectivity index (χ2v) is 8.74. The number of aromatic nitrogens is 2. The molecular formula is C24H26N4O4. The van der Waals surface area contributed by atoms with Gasteiger partial charge in [0.15, 0.2) is 0 Å². The lowest BCUT2D eigenvalue weighted by Gasteiger charge is -2.29. The lowest BCUT2D eigenvalue weighted by molar-refractivity contribution is 0.0698. The van der Waals surface area contributed by atoms with Gasteiger partial charge in [0.05, 0.1) is 41.3 Å². The van der Waals surface area contributed by atoms with E-state index in [1.165, 1.54) is 0 Å². The molecule has 0 amide bonds. The molecular weight excluding hydrogens is 408 g/mol. The first-order chi connectivity index (χ1) is 15.3. The van der Waals surface area contributed by atoms with Crippen LogP contribution in [0.4, 0.5) is 11.6 Å². The number of rotatable bonds is 5. The van der Waals surface area contributed by atoms with Gasteiger partial charge in [-0.2, -0.15) is 0 Å². The highest BCUT2D eigenvalue weighted by molar-refractivity contribution is 5.94. The fourth-order valence-corrected chi connectivity index (χ4v) is 4.88. The number of nitrogens with one attached hydrogen (secondary N) is 1. The summed E-state index contributed by atoms with van der Waals surface area (Å²) < 4.78 is 7.35. The largest absolute Gasteiger partial charge is 0.478 e. The molecule has 2 bridgehead atoms. The van der Waals surface area contributed by atoms with Gasteiger partial charge in [0.25, 0.3) is 5.56 Å². The first kappa shape index (κ1) is 20.5. The van der Waals surface area contributed by atoms with Crippen molar-refractivity contribution in [1.82, 2.24) is 9.55 Å². The Morgan fingerprint density at radius 3 is 2.78 bits per heavy atom. The minimum Gasteiger partial charge on any atom is -0.478 e. The summed E-state index contributed by atoms with van der Waals surface area (Å²) in [6.45, 7) is 5.29. The van der Waals surface area contributed by atoms with Crippen molar-refractivity contribution in [2.24, 2.45) is 7.05 Å². The highest BCUT2D eigenvalue weighted by Gasteiger charge is 2.40. The fraction of sp³-hybridized carbons (Fsp3) is 0.375. The Labute approximate surface area is 185 Å². The van der Waals surface area contributed by atoms with Crippen LogP contribution in [-0.2, 0) is 11.8 Å². The average Bonchev–Trinajstić information content (AvgIpc) is 3.40. The lowest BCUT2D eigenvalue weighted by Crippen LogP contribution is -2.41. The molecule has 2 aliphatic rings. The number of aryl methyl sites for hydroxylation is 1. The number of fused-ring (bicyclic) bond motifs is 3. The Bertz CT molecular complexity index is 1280. The molecule has 2 aliphatic heterocycles. The number of anilines is 2. The molecule has 3 atom stereocenters. The van der Waals surface area contributed by atoms with E-state index >= 15 is 0 Å². The molecule has 0 unspecified atom stereocenters. The molecule has 0 spiro atoms. The summed E-state index contributed by atoms with van der Waals surface area (Å²) in [6.07, 6.45) is 1.15. The van der Waals surface area contributed by atoms with E-state index in [4.69, 9.17) is 9.72 Å². The molecule has 2 N–H and O–H groups in total. The van der Waals surface area contributed by atoms with E-state index in [1.54, 1.807) is 35.9 Å². The predicted molar refractivity (Wildman–Crippen MR) is 123 cm³/mol. The maximum absolute atomic E-state index is 13.3. The molecule has 8 heteroatoms. The van der Waals surface area contributed by atoms with Gasteiger partial charge in [-0.3, -0.25) is 9.36 Å². The minimum absolute atomic E-state index is 0.0863. The Morgan fingerprint density at radius 2 is 2.09 bits per heavy atom. The van der Waals surface area contributed by atoms with Crippen molar-refractivity contribution in [2.45, 2.75) is 38.5 Å². The number of benzene rings is 2. The van der Waals surface area contributed by atoms with Crippen molar-refractivity contribution >= 4 is 28.5 Å². The lowest BCUT2D eigenvalue weighted by atomic mass is 10.0. The molecule has 0 saturated carbocycles. The van der Waals surface area contributed by atoms with Gasteiger partial charge >= 0.3 is 5.97 Å². The number of aromatic carboxylic acids is 1. The van der Waals surface area contributed by atoms with E-state index in [0.717, 1.165) is 24.1 Å². The van der Waals surface area contributed by atoms with Crippen molar-refractivity contribution in [3.63, 3.8) is 0 Å². The molecule has 1 aromatic heterocycles. The van der Waals surface area contributed by atoms with Crippen molar-refractivity contribution in [2.75, 3.05) is 23.4 Å². The summed E-state index contributed by atoms with van der Waals surface area (Å²) in [5, 5.41) is 13.4. The second kappa shape index (κ2) is 7.63. The van der Waals surface area contributed by atoms with Crippen LogP contribution in [0.3, 0.4) is 0 Å². The van der Waals surface area contributed by atoms with Gasteiger partial charge in [-0.25, -0.2) is 9.78 Å². The van der Waals surface area contributed by atoms with Gasteiger partial charge in [0.2, 0.25) is 5.95 Å². The fourth-order valence-electron chi connectivity index (χ4n) is 4.88. The SMILES string of the molecule is Cc1cc([C@@H](C)Nc2ccccc2C(=O)O)c2nc(N3C[C@H]4C[C@@H]3CO4)n(C)c(=O)c2c1. The third-order valence-corrected chi connectivity index (χ3v) is 6.48. The molecule has 32 heavy (non-hydrogen) atoms. The first-order valence-corrected chi connectivity index (χ1v) is 10.8. The summed E-state index contributed by atoms with van der Waals surface area (Å²) in [5.41, 5.74) is 3.10. The molecule has 3 aromatic rings. The summed E-state index contributed by atoms with van der Waals surface area (Å²) >= 11 is 0. The van der Waals surface area contributed by atoms with E-state index in [1.807, 2.05) is 26.0 Å². The average molecular weight is 434 g/mol. The molecule has 166 valence electrons. The summed E-state index contributed by atoms with van der Waals surface area (Å²) in [5.74, 6) is -0.337.